The van der Waals surface area contributed by atoms with Gasteiger partial charge in [-0.2, -0.15) is 0 Å². The molecule has 0 saturated carbocycles. The van der Waals surface area contributed by atoms with Crippen molar-refractivity contribution < 1.29 is 4.74 Å². The van der Waals surface area contributed by atoms with Crippen molar-refractivity contribution >= 4 is 0 Å². The van der Waals surface area contributed by atoms with Gasteiger partial charge in [0.05, 0.1) is 12.7 Å². The van der Waals surface area contributed by atoms with Crippen molar-refractivity contribution in [2.75, 3.05) is 26.2 Å². The van der Waals surface area contributed by atoms with Gasteiger partial charge in [0.2, 0.25) is 0 Å². The second-order valence-corrected chi connectivity index (χ2v) is 6.98. The van der Waals surface area contributed by atoms with Crippen molar-refractivity contribution in [1.82, 2.24) is 4.90 Å². The van der Waals surface area contributed by atoms with Crippen LogP contribution in [0, 0.1) is 11.3 Å². The van der Waals surface area contributed by atoms with Crippen molar-refractivity contribution in [1.29, 1.82) is 0 Å². The van der Waals surface area contributed by atoms with Gasteiger partial charge < -0.3 is 4.74 Å². The summed E-state index contributed by atoms with van der Waals surface area (Å²) in [5.74, 6) is 0.622. The van der Waals surface area contributed by atoms with Gasteiger partial charge in [0.1, 0.15) is 0 Å². The molecule has 1 rings (SSSR count). The zero-order chi connectivity index (χ0) is 13.8. The number of hydrogen-bond acceptors (Lipinski definition) is 2. The zero-order valence-corrected chi connectivity index (χ0v) is 13.1. The molecule has 0 radical (unpaired) electrons. The molecule has 0 N–H and O–H groups in total. The van der Waals surface area contributed by atoms with Crippen molar-refractivity contribution in [3.63, 3.8) is 0 Å². The summed E-state index contributed by atoms with van der Waals surface area (Å²) in [6, 6.07) is 0. The average molecular weight is 253 g/mol. The molecule has 0 aromatic heterocycles. The first kappa shape index (κ1) is 15.7. The summed E-state index contributed by atoms with van der Waals surface area (Å²) in [7, 11) is 0. The van der Waals surface area contributed by atoms with E-state index >= 15 is 0 Å². The van der Waals surface area contributed by atoms with Crippen molar-refractivity contribution in [3.05, 3.63) is 11.6 Å². The summed E-state index contributed by atoms with van der Waals surface area (Å²) in [5, 5.41) is 0. The van der Waals surface area contributed by atoms with Crippen LogP contribution in [-0.2, 0) is 4.74 Å². The van der Waals surface area contributed by atoms with Crippen LogP contribution in [0.4, 0.5) is 0 Å². The van der Waals surface area contributed by atoms with Crippen LogP contribution in [0.25, 0.3) is 0 Å². The molecule has 1 atom stereocenters. The molecule has 0 fully saturated rings. The first-order valence-corrected chi connectivity index (χ1v) is 7.32. The Labute approximate surface area is 113 Å². The molecule has 0 aliphatic carbocycles. The largest absolute Gasteiger partial charge is 0.378 e. The molecule has 0 spiro atoms. The first-order valence-electron chi connectivity index (χ1n) is 7.32. The predicted octanol–water partition coefficient (Wildman–Crippen LogP) is 3.73. The van der Waals surface area contributed by atoms with Gasteiger partial charge in [0.25, 0.3) is 0 Å². The fourth-order valence-electron chi connectivity index (χ4n) is 2.41. The molecule has 1 heterocycles. The average Bonchev–Trinajstić information content (AvgIpc) is 2.26. The molecule has 0 bridgehead atoms. The van der Waals surface area contributed by atoms with E-state index in [0.717, 1.165) is 19.7 Å². The van der Waals surface area contributed by atoms with E-state index in [4.69, 9.17) is 4.74 Å². The monoisotopic (exact) mass is 253 g/mol. The zero-order valence-electron chi connectivity index (χ0n) is 13.1. The van der Waals surface area contributed by atoms with E-state index in [1.165, 1.54) is 13.0 Å². The lowest BCUT2D eigenvalue weighted by atomic mass is 9.83. The Morgan fingerprint density at radius 1 is 1.28 bits per heavy atom. The molecule has 0 saturated heterocycles. The summed E-state index contributed by atoms with van der Waals surface area (Å²) < 4.78 is 5.68. The Kier molecular flexibility index (Phi) is 5.87. The standard InChI is InChI=1S/C16H31NO/c1-13(2)18-12-14(3)11-17-9-7-15(8-10-17)16(4,5)6/h7,13-14H,8-12H2,1-6H3. The van der Waals surface area contributed by atoms with Crippen LogP contribution in [0.2, 0.25) is 0 Å². The van der Waals surface area contributed by atoms with E-state index in [9.17, 15) is 0 Å². The van der Waals surface area contributed by atoms with Crippen molar-refractivity contribution in [2.45, 2.75) is 54.1 Å². The molecule has 106 valence electrons. The highest BCUT2D eigenvalue weighted by Gasteiger charge is 2.21. The Morgan fingerprint density at radius 3 is 2.39 bits per heavy atom. The topological polar surface area (TPSA) is 12.5 Å². The van der Waals surface area contributed by atoms with Gasteiger partial charge >= 0.3 is 0 Å². The highest BCUT2D eigenvalue weighted by molar-refractivity contribution is 5.14. The Hall–Kier alpha value is -0.340. The minimum atomic E-state index is 0.346. The maximum Gasteiger partial charge on any atom is 0.0519 e. The second kappa shape index (κ2) is 6.72. The summed E-state index contributed by atoms with van der Waals surface area (Å²) in [6.45, 7) is 17.8. The Bertz CT molecular complexity index is 275. The smallest absolute Gasteiger partial charge is 0.0519 e. The molecular formula is C16H31NO. The molecule has 0 aromatic rings. The maximum absolute atomic E-state index is 5.68. The van der Waals surface area contributed by atoms with Crippen molar-refractivity contribution in [3.8, 4) is 0 Å². The molecule has 2 heteroatoms. The molecule has 2 nitrogen and oxygen atoms in total. The van der Waals surface area contributed by atoms with Gasteiger partial charge in [-0.25, -0.2) is 0 Å². The van der Waals surface area contributed by atoms with Crippen molar-refractivity contribution in [2.24, 2.45) is 11.3 Å². The molecule has 1 aliphatic heterocycles. The highest BCUT2D eigenvalue weighted by Crippen LogP contribution is 2.30. The maximum atomic E-state index is 5.68. The fourth-order valence-corrected chi connectivity index (χ4v) is 2.41. The van der Waals surface area contributed by atoms with E-state index in [1.807, 2.05) is 0 Å². The minimum absolute atomic E-state index is 0.346. The molecular weight excluding hydrogens is 222 g/mol. The predicted molar refractivity (Wildman–Crippen MR) is 78.8 cm³/mol. The summed E-state index contributed by atoms with van der Waals surface area (Å²) >= 11 is 0. The lowest BCUT2D eigenvalue weighted by Crippen LogP contribution is -2.35. The second-order valence-electron chi connectivity index (χ2n) is 6.98. The van der Waals surface area contributed by atoms with Crippen LogP contribution in [0.15, 0.2) is 11.6 Å². The Balaban J connectivity index is 2.33. The van der Waals surface area contributed by atoms with Gasteiger partial charge in [0, 0.05) is 19.6 Å². The third kappa shape index (κ3) is 5.53. The van der Waals surface area contributed by atoms with Gasteiger partial charge in [-0.15, -0.1) is 0 Å². The number of rotatable bonds is 5. The minimum Gasteiger partial charge on any atom is -0.378 e. The van der Waals surface area contributed by atoms with E-state index < -0.39 is 0 Å². The van der Waals surface area contributed by atoms with Crippen LogP contribution in [0.1, 0.15) is 48.0 Å². The SMILES string of the molecule is CC(COC(C)C)CN1CC=C(C(C)(C)C)CC1. The first-order chi connectivity index (χ1) is 8.29. The fraction of sp³-hybridized carbons (Fsp3) is 0.875. The molecule has 0 amide bonds. The quantitative estimate of drug-likeness (QED) is 0.692. The van der Waals surface area contributed by atoms with Gasteiger partial charge in [0.15, 0.2) is 0 Å². The van der Waals surface area contributed by atoms with E-state index in [1.54, 1.807) is 5.57 Å². The number of ether oxygens (including phenoxy) is 1. The number of hydrogen-bond donors (Lipinski definition) is 0. The van der Waals surface area contributed by atoms with Crippen LogP contribution >= 0.6 is 0 Å². The molecule has 1 aliphatic rings. The van der Waals surface area contributed by atoms with Gasteiger partial charge in [-0.3, -0.25) is 4.90 Å². The third-order valence-corrected chi connectivity index (χ3v) is 3.54. The summed E-state index contributed by atoms with van der Waals surface area (Å²) in [4.78, 5) is 2.55. The lowest BCUT2D eigenvalue weighted by Gasteiger charge is -2.33. The number of nitrogens with zero attached hydrogens (tertiary/aromatic N) is 1. The van der Waals surface area contributed by atoms with Crippen LogP contribution in [-0.4, -0.2) is 37.2 Å². The molecule has 1 unspecified atom stereocenters. The van der Waals surface area contributed by atoms with E-state index in [2.05, 4.69) is 52.5 Å². The van der Waals surface area contributed by atoms with Crippen LogP contribution in [0.5, 0.6) is 0 Å². The van der Waals surface area contributed by atoms with E-state index in [0.29, 0.717) is 17.4 Å². The summed E-state index contributed by atoms with van der Waals surface area (Å²) in [6.07, 6.45) is 4.00. The van der Waals surface area contributed by atoms with Gasteiger partial charge in [-0.1, -0.05) is 39.3 Å². The van der Waals surface area contributed by atoms with Gasteiger partial charge in [-0.05, 0) is 31.6 Å². The normalized spacial score (nSPS) is 20.1. The Morgan fingerprint density at radius 2 is 1.94 bits per heavy atom. The molecule has 0 aromatic carbocycles. The summed E-state index contributed by atoms with van der Waals surface area (Å²) in [5.41, 5.74) is 1.96. The third-order valence-electron chi connectivity index (χ3n) is 3.54. The van der Waals surface area contributed by atoms with Crippen LogP contribution in [0.3, 0.4) is 0 Å². The van der Waals surface area contributed by atoms with E-state index in [-0.39, 0.29) is 0 Å². The van der Waals surface area contributed by atoms with Crippen LogP contribution < -0.4 is 0 Å². The lowest BCUT2D eigenvalue weighted by molar-refractivity contribution is 0.0454. The molecule has 18 heavy (non-hydrogen) atoms. The highest BCUT2D eigenvalue weighted by atomic mass is 16.5.